The fraction of sp³-hybridized carbons (Fsp3) is 0.591. The van der Waals surface area contributed by atoms with E-state index in [2.05, 4.69) is 15.0 Å². The summed E-state index contributed by atoms with van der Waals surface area (Å²) in [5.74, 6) is 0.589. The minimum Gasteiger partial charge on any atom is -0.396 e. The number of hydrazine groups is 1. The Morgan fingerprint density at radius 3 is 2.62 bits per heavy atom. The van der Waals surface area contributed by atoms with E-state index < -0.39 is 12.3 Å². The maximum absolute atomic E-state index is 14.3. The molecule has 2 fully saturated rings. The van der Waals surface area contributed by atoms with Crippen molar-refractivity contribution in [3.8, 4) is 0 Å². The summed E-state index contributed by atoms with van der Waals surface area (Å²) in [6.45, 7) is 2.66. The molecule has 1 saturated carbocycles. The summed E-state index contributed by atoms with van der Waals surface area (Å²) < 4.78 is 35.5. The smallest absolute Gasteiger partial charge is 0.282 e. The maximum atomic E-state index is 14.3. The molecule has 12 heteroatoms. The lowest BCUT2D eigenvalue weighted by atomic mass is 9.86. The molecule has 5 rings (SSSR count). The molecule has 0 radical (unpaired) electrons. The van der Waals surface area contributed by atoms with Gasteiger partial charge >= 0.3 is 0 Å². The molecule has 3 aliphatic heterocycles. The second-order valence-corrected chi connectivity index (χ2v) is 8.97. The van der Waals surface area contributed by atoms with E-state index in [1.54, 1.807) is 22.3 Å². The third-order valence-electron chi connectivity index (χ3n) is 6.99. The maximum Gasteiger partial charge on any atom is 0.282 e. The van der Waals surface area contributed by atoms with Crippen LogP contribution in [-0.4, -0.2) is 76.0 Å². The van der Waals surface area contributed by atoms with Gasteiger partial charge in [0.2, 0.25) is 5.91 Å². The van der Waals surface area contributed by atoms with Gasteiger partial charge < -0.3 is 20.5 Å². The molecule has 1 saturated heterocycles. The number of nitrogens with two attached hydrogens (primary N) is 1. The SMILES string of the molecule is NC(=O)C1=C2N=C(N3CCOCC3)C=CN2N(c2cnn(C3CCC(CO)CC3)c2C(F)F)C1. The Morgan fingerprint density at radius 2 is 1.97 bits per heavy atom. The Bertz CT molecular complexity index is 1020. The van der Waals surface area contributed by atoms with Crippen molar-refractivity contribution in [1.29, 1.82) is 0 Å². The lowest BCUT2D eigenvalue weighted by Crippen LogP contribution is -2.42. The number of ether oxygens (including phenoxy) is 1. The number of aliphatic imine (C=N–C) groups is 1. The number of halogens is 2. The number of nitrogens with zero attached hydrogens (tertiary/aromatic N) is 6. The molecule has 0 unspecified atom stereocenters. The highest BCUT2D eigenvalue weighted by molar-refractivity contribution is 5.98. The highest BCUT2D eigenvalue weighted by Crippen LogP contribution is 2.41. The highest BCUT2D eigenvalue weighted by Gasteiger charge is 2.38. The normalized spacial score (nSPS) is 25.3. The molecule has 0 bridgehead atoms. The van der Waals surface area contributed by atoms with Crippen molar-refractivity contribution >= 4 is 17.4 Å². The number of rotatable bonds is 5. The van der Waals surface area contributed by atoms with E-state index in [0.29, 0.717) is 50.8 Å². The molecular weight excluding hydrogens is 448 g/mol. The first-order valence-electron chi connectivity index (χ1n) is 11.6. The number of carbonyl (C=O) groups is 1. The van der Waals surface area contributed by atoms with E-state index in [0.717, 1.165) is 12.8 Å². The van der Waals surface area contributed by atoms with Gasteiger partial charge in [0.1, 0.15) is 17.2 Å². The number of morpholine rings is 1. The van der Waals surface area contributed by atoms with Crippen LogP contribution in [0, 0.1) is 5.92 Å². The number of anilines is 1. The zero-order chi connectivity index (χ0) is 23.8. The Kier molecular flexibility index (Phi) is 6.26. The molecule has 0 spiro atoms. The molecule has 1 aromatic rings. The predicted molar refractivity (Wildman–Crippen MR) is 120 cm³/mol. The second-order valence-electron chi connectivity index (χ2n) is 8.97. The fourth-order valence-corrected chi connectivity index (χ4v) is 5.10. The Hall–Kier alpha value is -2.99. The minimum absolute atomic E-state index is 0.0254. The molecule has 1 aliphatic carbocycles. The molecule has 10 nitrogen and oxygen atoms in total. The van der Waals surface area contributed by atoms with Crippen molar-refractivity contribution in [1.82, 2.24) is 19.7 Å². The zero-order valence-electron chi connectivity index (χ0n) is 18.8. The Balaban J connectivity index is 1.44. The summed E-state index contributed by atoms with van der Waals surface area (Å²) in [5.41, 5.74) is 5.94. The minimum atomic E-state index is -2.75. The number of alkyl halides is 2. The average Bonchev–Trinajstić information content (AvgIpc) is 3.46. The molecule has 4 aliphatic rings. The fourth-order valence-electron chi connectivity index (χ4n) is 5.10. The number of aliphatic hydroxyl groups is 1. The van der Waals surface area contributed by atoms with Crippen molar-refractivity contribution in [2.75, 3.05) is 44.5 Å². The molecule has 3 N–H and O–H groups in total. The number of hydrogen-bond donors (Lipinski definition) is 2. The topological polar surface area (TPSA) is 112 Å². The number of amidine groups is 1. The number of primary amides is 1. The predicted octanol–water partition coefficient (Wildman–Crippen LogP) is 1.54. The van der Waals surface area contributed by atoms with Crippen LogP contribution in [0.2, 0.25) is 0 Å². The van der Waals surface area contributed by atoms with Crippen LogP contribution in [0.25, 0.3) is 0 Å². The number of carbonyl (C=O) groups excluding carboxylic acids is 1. The van der Waals surface area contributed by atoms with E-state index in [1.807, 2.05) is 0 Å². The summed E-state index contributed by atoms with van der Waals surface area (Å²) in [7, 11) is 0. The van der Waals surface area contributed by atoms with Gasteiger partial charge in [0.25, 0.3) is 6.43 Å². The highest BCUT2D eigenvalue weighted by atomic mass is 19.3. The van der Waals surface area contributed by atoms with Crippen molar-refractivity contribution < 1.29 is 23.4 Å². The largest absolute Gasteiger partial charge is 0.396 e. The molecule has 4 heterocycles. The van der Waals surface area contributed by atoms with Crippen molar-refractivity contribution in [2.45, 2.75) is 38.2 Å². The van der Waals surface area contributed by atoms with Crippen LogP contribution in [0.4, 0.5) is 14.5 Å². The number of hydrogen-bond acceptors (Lipinski definition) is 8. The summed E-state index contributed by atoms with van der Waals surface area (Å²) in [5, 5.41) is 16.9. The van der Waals surface area contributed by atoms with Crippen LogP contribution < -0.4 is 10.7 Å². The van der Waals surface area contributed by atoms with Crippen LogP contribution >= 0.6 is 0 Å². The summed E-state index contributed by atoms with van der Waals surface area (Å²) in [4.78, 5) is 19.0. The van der Waals surface area contributed by atoms with Crippen molar-refractivity contribution in [3.63, 3.8) is 0 Å². The molecule has 0 atom stereocenters. The number of amides is 1. The molecule has 0 aromatic carbocycles. The second kappa shape index (κ2) is 9.34. The molecule has 184 valence electrons. The van der Waals surface area contributed by atoms with Gasteiger partial charge in [-0.3, -0.25) is 14.5 Å². The van der Waals surface area contributed by atoms with Crippen LogP contribution in [0.5, 0.6) is 0 Å². The average molecular weight is 478 g/mol. The van der Waals surface area contributed by atoms with E-state index in [4.69, 9.17) is 10.5 Å². The molecule has 1 aromatic heterocycles. The van der Waals surface area contributed by atoms with E-state index >= 15 is 0 Å². The lowest BCUT2D eigenvalue weighted by molar-refractivity contribution is -0.114. The van der Waals surface area contributed by atoms with Crippen molar-refractivity contribution in [2.24, 2.45) is 16.6 Å². The quantitative estimate of drug-likeness (QED) is 0.662. The van der Waals surface area contributed by atoms with E-state index in [9.17, 15) is 18.7 Å². The Morgan fingerprint density at radius 1 is 1.24 bits per heavy atom. The van der Waals surface area contributed by atoms with Gasteiger partial charge in [-0.1, -0.05) is 0 Å². The monoisotopic (exact) mass is 477 g/mol. The first-order chi connectivity index (χ1) is 16.5. The zero-order valence-corrected chi connectivity index (χ0v) is 18.8. The van der Waals surface area contributed by atoms with E-state index in [-0.39, 0.29) is 42.1 Å². The number of aromatic nitrogens is 2. The molecular formula is C22H29F2N7O3. The lowest BCUT2D eigenvalue weighted by Gasteiger charge is -2.34. The Labute approximate surface area is 195 Å². The van der Waals surface area contributed by atoms with E-state index in [1.165, 1.54) is 10.9 Å². The van der Waals surface area contributed by atoms with Gasteiger partial charge in [0.05, 0.1) is 37.6 Å². The van der Waals surface area contributed by atoms with Gasteiger partial charge in [-0.2, -0.15) is 5.10 Å². The standard InChI is InChI=1S/C22H29F2N7O3/c23-20(24)19-17(11-26-31(19)15-3-1-14(13-32)2-4-15)30-12-16(21(25)33)22-27-18(5-6-29(22)30)28-7-9-34-10-8-28/h5-6,11,14-15,20,32H,1-4,7-10,12-13H2,(H2,25,33). The summed E-state index contributed by atoms with van der Waals surface area (Å²) in [6, 6.07) is -0.158. The molecule has 1 amide bonds. The van der Waals surface area contributed by atoms with Gasteiger partial charge in [0, 0.05) is 25.9 Å². The third-order valence-corrected chi connectivity index (χ3v) is 6.99. The number of fused-ring (bicyclic) bond motifs is 1. The van der Waals surface area contributed by atoms with Crippen LogP contribution in [0.15, 0.2) is 34.9 Å². The third kappa shape index (κ3) is 4.05. The van der Waals surface area contributed by atoms with Crippen LogP contribution in [0.3, 0.4) is 0 Å². The molecule has 34 heavy (non-hydrogen) atoms. The van der Waals surface area contributed by atoms with Crippen LogP contribution in [-0.2, 0) is 9.53 Å². The van der Waals surface area contributed by atoms with Gasteiger partial charge in [-0.25, -0.2) is 18.8 Å². The summed E-state index contributed by atoms with van der Waals surface area (Å²) in [6.07, 6.45) is 5.10. The van der Waals surface area contributed by atoms with Gasteiger partial charge in [-0.05, 0) is 37.7 Å². The van der Waals surface area contributed by atoms with Crippen molar-refractivity contribution in [3.05, 3.63) is 35.6 Å². The first kappa shape index (κ1) is 22.8. The van der Waals surface area contributed by atoms with Gasteiger partial charge in [0.15, 0.2) is 5.82 Å². The first-order valence-corrected chi connectivity index (χ1v) is 11.6. The number of aliphatic hydroxyl groups excluding tert-OH is 1. The van der Waals surface area contributed by atoms with Crippen LogP contribution in [0.1, 0.15) is 43.8 Å². The summed E-state index contributed by atoms with van der Waals surface area (Å²) >= 11 is 0. The van der Waals surface area contributed by atoms with Gasteiger partial charge in [-0.15, -0.1) is 0 Å².